The SMILES string of the molecule is Cc1nc(N(C)Cc2cc(Br)cs2)sc1C(C)N. The molecule has 18 heavy (non-hydrogen) atoms. The van der Waals surface area contributed by atoms with Crippen LogP contribution in [0.1, 0.15) is 28.4 Å². The van der Waals surface area contributed by atoms with Crippen molar-refractivity contribution < 1.29 is 0 Å². The van der Waals surface area contributed by atoms with Crippen molar-refractivity contribution in [1.82, 2.24) is 4.98 Å². The van der Waals surface area contributed by atoms with Crippen LogP contribution in [0.25, 0.3) is 0 Å². The molecule has 3 nitrogen and oxygen atoms in total. The van der Waals surface area contributed by atoms with Crippen LogP contribution in [0.2, 0.25) is 0 Å². The number of nitrogens with zero attached hydrogens (tertiary/aromatic N) is 2. The van der Waals surface area contributed by atoms with Crippen LogP contribution >= 0.6 is 38.6 Å². The van der Waals surface area contributed by atoms with Gasteiger partial charge in [-0.1, -0.05) is 0 Å². The first-order chi connectivity index (χ1) is 8.47. The third kappa shape index (κ3) is 3.12. The Bertz CT molecular complexity index is 533. The Morgan fingerprint density at radius 3 is 2.78 bits per heavy atom. The van der Waals surface area contributed by atoms with E-state index in [9.17, 15) is 0 Å². The summed E-state index contributed by atoms with van der Waals surface area (Å²) in [7, 11) is 2.07. The molecule has 0 saturated heterocycles. The van der Waals surface area contributed by atoms with E-state index < -0.39 is 0 Å². The fourth-order valence-electron chi connectivity index (χ4n) is 1.72. The molecule has 2 rings (SSSR count). The Morgan fingerprint density at radius 2 is 2.28 bits per heavy atom. The molecule has 0 aliphatic carbocycles. The Labute approximate surface area is 124 Å². The summed E-state index contributed by atoms with van der Waals surface area (Å²) in [6, 6.07) is 2.20. The number of thiazole rings is 1. The third-order valence-electron chi connectivity index (χ3n) is 2.58. The number of thiophene rings is 1. The molecule has 2 N–H and O–H groups in total. The van der Waals surface area contributed by atoms with Crippen molar-refractivity contribution in [2.24, 2.45) is 5.73 Å². The normalized spacial score (nSPS) is 12.7. The minimum absolute atomic E-state index is 0.0560. The van der Waals surface area contributed by atoms with Gasteiger partial charge in [-0.2, -0.15) is 0 Å². The summed E-state index contributed by atoms with van der Waals surface area (Å²) in [5, 5.41) is 3.13. The lowest BCUT2D eigenvalue weighted by molar-refractivity contribution is 0.824. The maximum absolute atomic E-state index is 5.93. The van der Waals surface area contributed by atoms with Crippen LogP contribution in [0, 0.1) is 6.92 Å². The second-order valence-corrected chi connectivity index (χ2v) is 7.24. The molecule has 1 atom stereocenters. The van der Waals surface area contributed by atoms with Crippen LogP contribution < -0.4 is 10.6 Å². The Morgan fingerprint density at radius 1 is 1.56 bits per heavy atom. The molecule has 0 amide bonds. The lowest BCUT2D eigenvalue weighted by Gasteiger charge is -2.14. The van der Waals surface area contributed by atoms with Crippen LogP contribution in [-0.2, 0) is 6.54 Å². The number of hydrogen-bond donors (Lipinski definition) is 1. The van der Waals surface area contributed by atoms with Crippen molar-refractivity contribution in [3.05, 3.63) is 31.4 Å². The highest BCUT2D eigenvalue weighted by atomic mass is 79.9. The van der Waals surface area contributed by atoms with E-state index in [1.165, 1.54) is 9.75 Å². The van der Waals surface area contributed by atoms with E-state index >= 15 is 0 Å². The van der Waals surface area contributed by atoms with Gasteiger partial charge in [0.05, 0.1) is 12.2 Å². The van der Waals surface area contributed by atoms with Crippen molar-refractivity contribution in [2.75, 3.05) is 11.9 Å². The summed E-state index contributed by atoms with van der Waals surface area (Å²) in [6.07, 6.45) is 0. The minimum Gasteiger partial charge on any atom is -0.346 e. The van der Waals surface area contributed by atoms with E-state index in [0.717, 1.165) is 21.8 Å². The highest BCUT2D eigenvalue weighted by Crippen LogP contribution is 2.30. The second kappa shape index (κ2) is 5.69. The smallest absolute Gasteiger partial charge is 0.185 e. The number of aryl methyl sites for hydroxylation is 1. The van der Waals surface area contributed by atoms with Crippen LogP contribution in [0.5, 0.6) is 0 Å². The molecule has 6 heteroatoms. The molecule has 1 unspecified atom stereocenters. The van der Waals surface area contributed by atoms with E-state index in [-0.39, 0.29) is 6.04 Å². The summed E-state index contributed by atoms with van der Waals surface area (Å²) in [4.78, 5) is 9.25. The third-order valence-corrected chi connectivity index (χ3v) is 5.73. The van der Waals surface area contributed by atoms with E-state index in [4.69, 9.17) is 5.73 Å². The molecular weight excluding hydrogens is 330 g/mol. The van der Waals surface area contributed by atoms with Gasteiger partial charge in [0.1, 0.15) is 0 Å². The van der Waals surface area contributed by atoms with Gasteiger partial charge in [0, 0.05) is 32.7 Å². The first-order valence-electron chi connectivity index (χ1n) is 5.64. The standard InChI is InChI=1S/C12H16BrN3S2/c1-7(14)11-8(2)15-12(18-11)16(3)5-10-4-9(13)6-17-10/h4,6-7H,5,14H2,1-3H3. The number of aromatic nitrogens is 1. The highest BCUT2D eigenvalue weighted by molar-refractivity contribution is 9.10. The van der Waals surface area contributed by atoms with Gasteiger partial charge in [0.15, 0.2) is 5.13 Å². The van der Waals surface area contributed by atoms with Gasteiger partial charge in [-0.25, -0.2) is 4.98 Å². The zero-order chi connectivity index (χ0) is 13.3. The molecule has 0 aliphatic heterocycles. The first kappa shape index (κ1) is 14.0. The minimum atomic E-state index is 0.0560. The van der Waals surface area contributed by atoms with Crippen molar-refractivity contribution in [2.45, 2.75) is 26.4 Å². The summed E-state index contributed by atoms with van der Waals surface area (Å²) in [6.45, 7) is 4.90. The number of hydrogen-bond acceptors (Lipinski definition) is 5. The topological polar surface area (TPSA) is 42.2 Å². The summed E-state index contributed by atoms with van der Waals surface area (Å²) in [5.74, 6) is 0. The molecule has 0 radical (unpaired) electrons. The Kier molecular flexibility index (Phi) is 4.42. The van der Waals surface area contributed by atoms with Gasteiger partial charge in [-0.3, -0.25) is 0 Å². The van der Waals surface area contributed by atoms with Gasteiger partial charge in [0.25, 0.3) is 0 Å². The van der Waals surface area contributed by atoms with E-state index in [1.807, 2.05) is 13.8 Å². The fourth-order valence-corrected chi connectivity index (χ4v) is 4.20. The van der Waals surface area contributed by atoms with Gasteiger partial charge >= 0.3 is 0 Å². The monoisotopic (exact) mass is 345 g/mol. The second-order valence-electron chi connectivity index (χ2n) is 4.32. The molecule has 98 valence electrons. The first-order valence-corrected chi connectivity index (χ1v) is 8.13. The molecular formula is C12H16BrN3S2. The van der Waals surface area contributed by atoms with E-state index in [2.05, 4.69) is 44.3 Å². The van der Waals surface area contributed by atoms with Crippen molar-refractivity contribution in [3.63, 3.8) is 0 Å². The summed E-state index contributed by atoms with van der Waals surface area (Å²) >= 11 is 6.91. The van der Waals surface area contributed by atoms with Crippen LogP contribution in [0.4, 0.5) is 5.13 Å². The molecule has 2 heterocycles. The van der Waals surface area contributed by atoms with Gasteiger partial charge in [-0.05, 0) is 35.8 Å². The molecule has 0 aliphatic rings. The summed E-state index contributed by atoms with van der Waals surface area (Å²) < 4.78 is 1.14. The highest BCUT2D eigenvalue weighted by Gasteiger charge is 2.14. The van der Waals surface area contributed by atoms with Crippen LogP contribution in [0.15, 0.2) is 15.9 Å². The lowest BCUT2D eigenvalue weighted by Crippen LogP contribution is -2.15. The molecule has 0 aromatic carbocycles. The molecule has 0 saturated carbocycles. The Hall–Kier alpha value is -0.430. The molecule has 2 aromatic heterocycles. The average Bonchev–Trinajstić information content (AvgIpc) is 2.85. The average molecular weight is 346 g/mol. The van der Waals surface area contributed by atoms with Crippen molar-refractivity contribution in [1.29, 1.82) is 0 Å². The number of rotatable bonds is 4. The zero-order valence-corrected chi connectivity index (χ0v) is 13.8. The lowest BCUT2D eigenvalue weighted by atomic mass is 10.2. The number of anilines is 1. The van der Waals surface area contributed by atoms with Gasteiger partial charge in [0.2, 0.25) is 0 Å². The largest absolute Gasteiger partial charge is 0.346 e. The quantitative estimate of drug-likeness (QED) is 0.912. The molecule has 0 fully saturated rings. The molecule has 0 bridgehead atoms. The van der Waals surface area contributed by atoms with Crippen molar-refractivity contribution >= 4 is 43.7 Å². The van der Waals surface area contributed by atoms with Gasteiger partial charge in [-0.15, -0.1) is 22.7 Å². The predicted molar refractivity (Wildman–Crippen MR) is 83.6 cm³/mol. The fraction of sp³-hybridized carbons (Fsp3) is 0.417. The van der Waals surface area contributed by atoms with Crippen LogP contribution in [-0.4, -0.2) is 12.0 Å². The number of nitrogens with two attached hydrogens (primary N) is 1. The molecule has 0 spiro atoms. The Balaban J connectivity index is 2.13. The number of halogens is 1. The van der Waals surface area contributed by atoms with Crippen LogP contribution in [0.3, 0.4) is 0 Å². The van der Waals surface area contributed by atoms with Crippen molar-refractivity contribution in [3.8, 4) is 0 Å². The maximum atomic E-state index is 5.93. The van der Waals surface area contributed by atoms with E-state index in [0.29, 0.717) is 0 Å². The van der Waals surface area contributed by atoms with E-state index in [1.54, 1.807) is 22.7 Å². The van der Waals surface area contributed by atoms with Gasteiger partial charge < -0.3 is 10.6 Å². The zero-order valence-electron chi connectivity index (χ0n) is 10.6. The predicted octanol–water partition coefficient (Wildman–Crippen LogP) is 3.93. The molecule has 2 aromatic rings. The maximum Gasteiger partial charge on any atom is 0.185 e. The summed E-state index contributed by atoms with van der Waals surface area (Å²) in [5.41, 5.74) is 6.98.